The second-order valence-corrected chi connectivity index (χ2v) is 5.60. The maximum absolute atomic E-state index is 11.9. The number of aryl methyl sites for hydroxylation is 2. The van der Waals surface area contributed by atoms with E-state index < -0.39 is 0 Å². The van der Waals surface area contributed by atoms with E-state index in [9.17, 15) is 4.79 Å². The summed E-state index contributed by atoms with van der Waals surface area (Å²) >= 11 is 0. The van der Waals surface area contributed by atoms with Crippen LogP contribution in [-0.4, -0.2) is 12.7 Å². The molecule has 0 aromatic heterocycles. The van der Waals surface area contributed by atoms with Crippen LogP contribution in [-0.2, 0) is 11.3 Å². The number of fused-ring (bicyclic) bond motifs is 1. The van der Waals surface area contributed by atoms with Gasteiger partial charge in [0.1, 0.15) is 0 Å². The van der Waals surface area contributed by atoms with Crippen molar-refractivity contribution in [1.29, 1.82) is 0 Å². The van der Waals surface area contributed by atoms with Gasteiger partial charge >= 0.3 is 0 Å². The molecule has 0 atom stereocenters. The summed E-state index contributed by atoms with van der Waals surface area (Å²) in [5.41, 5.74) is 4.40. The number of carbonyl (C=O) groups excluding carboxylic acids is 1. The molecule has 1 aliphatic heterocycles. The largest absolute Gasteiger partial charge is 0.454 e. The minimum atomic E-state index is -0.123. The summed E-state index contributed by atoms with van der Waals surface area (Å²) in [5, 5.41) is 2.87. The Balaban J connectivity index is 1.58. The molecule has 0 fully saturated rings. The molecule has 2 aromatic carbocycles. The Bertz CT molecular complexity index is 765. The third-order valence-corrected chi connectivity index (χ3v) is 3.74. The second-order valence-electron chi connectivity index (χ2n) is 5.60. The van der Waals surface area contributed by atoms with E-state index in [0.717, 1.165) is 28.2 Å². The summed E-state index contributed by atoms with van der Waals surface area (Å²) in [7, 11) is 0. The SMILES string of the molecule is Cc1ccc(/C=C/C(=O)NCc2ccc3c(c2)OCO3)c(C)c1. The summed E-state index contributed by atoms with van der Waals surface area (Å²) in [5.74, 6) is 1.35. The fourth-order valence-electron chi connectivity index (χ4n) is 2.48. The summed E-state index contributed by atoms with van der Waals surface area (Å²) in [4.78, 5) is 11.9. The van der Waals surface area contributed by atoms with Gasteiger partial charge < -0.3 is 14.8 Å². The van der Waals surface area contributed by atoms with E-state index in [1.807, 2.05) is 43.3 Å². The fourth-order valence-corrected chi connectivity index (χ4v) is 2.48. The summed E-state index contributed by atoms with van der Waals surface area (Å²) in [6.07, 6.45) is 3.40. The van der Waals surface area contributed by atoms with Gasteiger partial charge in [0, 0.05) is 12.6 Å². The molecule has 0 spiro atoms. The fraction of sp³-hybridized carbons (Fsp3) is 0.211. The number of rotatable bonds is 4. The molecular formula is C19H19NO3. The molecule has 4 heteroatoms. The summed E-state index contributed by atoms with van der Waals surface area (Å²) in [6.45, 7) is 4.80. The second kappa shape index (κ2) is 6.57. The van der Waals surface area contributed by atoms with Gasteiger partial charge in [0.15, 0.2) is 11.5 Å². The molecule has 0 saturated carbocycles. The molecule has 0 unspecified atom stereocenters. The molecule has 1 N–H and O–H groups in total. The van der Waals surface area contributed by atoms with Crippen molar-refractivity contribution in [2.24, 2.45) is 0 Å². The van der Waals surface area contributed by atoms with Crippen LogP contribution in [0.2, 0.25) is 0 Å². The van der Waals surface area contributed by atoms with Gasteiger partial charge in [0.05, 0.1) is 0 Å². The Morgan fingerprint density at radius 2 is 1.96 bits per heavy atom. The van der Waals surface area contributed by atoms with Crippen LogP contribution >= 0.6 is 0 Å². The lowest BCUT2D eigenvalue weighted by Gasteiger charge is -2.04. The predicted octanol–water partition coefficient (Wildman–Crippen LogP) is 3.36. The first-order valence-corrected chi connectivity index (χ1v) is 7.53. The van der Waals surface area contributed by atoms with Crippen LogP contribution in [0, 0.1) is 13.8 Å². The Morgan fingerprint density at radius 1 is 1.13 bits per heavy atom. The maximum Gasteiger partial charge on any atom is 0.244 e. The molecule has 4 nitrogen and oxygen atoms in total. The lowest BCUT2D eigenvalue weighted by molar-refractivity contribution is -0.116. The zero-order valence-electron chi connectivity index (χ0n) is 13.3. The Morgan fingerprint density at radius 3 is 2.78 bits per heavy atom. The van der Waals surface area contributed by atoms with E-state index >= 15 is 0 Å². The predicted molar refractivity (Wildman–Crippen MR) is 89.4 cm³/mol. The monoisotopic (exact) mass is 309 g/mol. The molecule has 1 amide bonds. The quantitative estimate of drug-likeness (QED) is 0.881. The van der Waals surface area contributed by atoms with Crippen LogP contribution in [0.15, 0.2) is 42.5 Å². The molecule has 0 bridgehead atoms. The van der Waals surface area contributed by atoms with Gasteiger partial charge in [0.25, 0.3) is 0 Å². The summed E-state index contributed by atoms with van der Waals surface area (Å²) in [6, 6.07) is 11.8. The molecule has 1 aliphatic rings. The lowest BCUT2D eigenvalue weighted by Crippen LogP contribution is -2.20. The molecule has 118 valence electrons. The van der Waals surface area contributed by atoms with Crippen LogP contribution in [0.25, 0.3) is 6.08 Å². The number of carbonyl (C=O) groups is 1. The minimum Gasteiger partial charge on any atom is -0.454 e. The van der Waals surface area contributed by atoms with E-state index in [1.165, 1.54) is 5.56 Å². The molecule has 0 saturated heterocycles. The molecular weight excluding hydrogens is 290 g/mol. The van der Waals surface area contributed by atoms with E-state index in [2.05, 4.69) is 18.3 Å². The first kappa shape index (κ1) is 15.2. The van der Waals surface area contributed by atoms with Gasteiger partial charge in [0.2, 0.25) is 12.7 Å². The molecule has 0 aliphatic carbocycles. The van der Waals surface area contributed by atoms with Crippen molar-refractivity contribution in [3.05, 3.63) is 64.7 Å². The number of hydrogen-bond donors (Lipinski definition) is 1. The van der Waals surface area contributed by atoms with Crippen molar-refractivity contribution < 1.29 is 14.3 Å². The van der Waals surface area contributed by atoms with Crippen LogP contribution in [0.1, 0.15) is 22.3 Å². The van der Waals surface area contributed by atoms with E-state index in [1.54, 1.807) is 6.08 Å². The number of hydrogen-bond acceptors (Lipinski definition) is 3. The number of benzene rings is 2. The average Bonchev–Trinajstić information content (AvgIpc) is 2.99. The highest BCUT2D eigenvalue weighted by Crippen LogP contribution is 2.32. The van der Waals surface area contributed by atoms with E-state index in [4.69, 9.17) is 9.47 Å². The van der Waals surface area contributed by atoms with Crippen LogP contribution < -0.4 is 14.8 Å². The Labute approximate surface area is 135 Å². The standard InChI is InChI=1S/C19H19NO3/c1-13-3-5-16(14(2)9-13)6-8-19(21)20-11-15-4-7-17-18(10-15)23-12-22-17/h3-10H,11-12H2,1-2H3,(H,20,21)/b8-6+. The van der Waals surface area contributed by atoms with Crippen molar-refractivity contribution in [1.82, 2.24) is 5.32 Å². The highest BCUT2D eigenvalue weighted by atomic mass is 16.7. The summed E-state index contributed by atoms with van der Waals surface area (Å²) < 4.78 is 10.6. The van der Waals surface area contributed by atoms with E-state index in [0.29, 0.717) is 6.54 Å². The molecule has 23 heavy (non-hydrogen) atoms. The normalized spacial score (nSPS) is 12.6. The van der Waals surface area contributed by atoms with Crippen molar-refractivity contribution in [2.75, 3.05) is 6.79 Å². The van der Waals surface area contributed by atoms with Crippen molar-refractivity contribution in [3.8, 4) is 11.5 Å². The van der Waals surface area contributed by atoms with Crippen molar-refractivity contribution in [2.45, 2.75) is 20.4 Å². The van der Waals surface area contributed by atoms with Crippen LogP contribution in [0.5, 0.6) is 11.5 Å². The Hall–Kier alpha value is -2.75. The minimum absolute atomic E-state index is 0.123. The molecule has 2 aromatic rings. The van der Waals surface area contributed by atoms with Crippen LogP contribution in [0.4, 0.5) is 0 Å². The Kier molecular flexibility index (Phi) is 4.33. The number of amides is 1. The van der Waals surface area contributed by atoms with Gasteiger partial charge in [-0.25, -0.2) is 0 Å². The topological polar surface area (TPSA) is 47.6 Å². The van der Waals surface area contributed by atoms with Gasteiger partial charge in [-0.3, -0.25) is 4.79 Å². The highest BCUT2D eigenvalue weighted by molar-refractivity contribution is 5.91. The van der Waals surface area contributed by atoms with Crippen molar-refractivity contribution >= 4 is 12.0 Å². The zero-order chi connectivity index (χ0) is 16.2. The zero-order valence-corrected chi connectivity index (χ0v) is 13.3. The number of nitrogens with one attached hydrogen (secondary N) is 1. The van der Waals surface area contributed by atoms with Gasteiger partial charge in [-0.05, 0) is 48.7 Å². The smallest absolute Gasteiger partial charge is 0.244 e. The van der Waals surface area contributed by atoms with Gasteiger partial charge in [-0.15, -0.1) is 0 Å². The molecule has 0 radical (unpaired) electrons. The van der Waals surface area contributed by atoms with Crippen molar-refractivity contribution in [3.63, 3.8) is 0 Å². The van der Waals surface area contributed by atoms with Gasteiger partial charge in [-0.1, -0.05) is 29.8 Å². The number of ether oxygens (including phenoxy) is 2. The first-order chi connectivity index (χ1) is 11.1. The first-order valence-electron chi connectivity index (χ1n) is 7.53. The van der Waals surface area contributed by atoms with Crippen LogP contribution in [0.3, 0.4) is 0 Å². The third-order valence-electron chi connectivity index (χ3n) is 3.74. The van der Waals surface area contributed by atoms with E-state index in [-0.39, 0.29) is 12.7 Å². The molecule has 1 heterocycles. The average molecular weight is 309 g/mol. The maximum atomic E-state index is 11.9. The highest BCUT2D eigenvalue weighted by Gasteiger charge is 2.13. The van der Waals surface area contributed by atoms with Gasteiger partial charge in [-0.2, -0.15) is 0 Å². The third kappa shape index (κ3) is 3.72. The lowest BCUT2D eigenvalue weighted by atomic mass is 10.1. The molecule has 3 rings (SSSR count).